The van der Waals surface area contributed by atoms with E-state index in [0.29, 0.717) is 49.8 Å². The van der Waals surface area contributed by atoms with Crippen LogP contribution < -0.4 is 15.8 Å². The summed E-state index contributed by atoms with van der Waals surface area (Å²) in [6.45, 7) is 5.24. The molecule has 7 nitrogen and oxygen atoms in total. The van der Waals surface area contributed by atoms with Crippen molar-refractivity contribution < 1.29 is 9.53 Å². The van der Waals surface area contributed by atoms with Gasteiger partial charge in [-0.25, -0.2) is 4.98 Å². The van der Waals surface area contributed by atoms with Crippen LogP contribution in [0.15, 0.2) is 16.4 Å². The lowest BCUT2D eigenvalue weighted by molar-refractivity contribution is -0.121. The van der Waals surface area contributed by atoms with Crippen molar-refractivity contribution in [2.24, 2.45) is 0 Å². The highest BCUT2D eigenvalue weighted by molar-refractivity contribution is 5.76. The average Bonchev–Trinajstić information content (AvgIpc) is 2.69. The molecule has 0 bridgehead atoms. The van der Waals surface area contributed by atoms with E-state index in [4.69, 9.17) is 4.74 Å². The first-order valence-corrected chi connectivity index (χ1v) is 10.0. The summed E-state index contributed by atoms with van der Waals surface area (Å²) in [5, 5.41) is 2.97. The molecular weight excluding hydrogens is 344 g/mol. The lowest BCUT2D eigenvalue weighted by Crippen LogP contribution is -2.38. The van der Waals surface area contributed by atoms with Crippen LogP contribution in [0.5, 0.6) is 0 Å². The molecule has 0 unspecified atom stereocenters. The maximum absolute atomic E-state index is 12.4. The van der Waals surface area contributed by atoms with Gasteiger partial charge < -0.3 is 15.0 Å². The minimum absolute atomic E-state index is 0.0116. The van der Waals surface area contributed by atoms with Crippen molar-refractivity contribution in [1.82, 2.24) is 15.3 Å². The van der Waals surface area contributed by atoms with Crippen molar-refractivity contribution in [2.75, 3.05) is 37.7 Å². The molecule has 148 valence electrons. The highest BCUT2D eigenvalue weighted by Crippen LogP contribution is 2.19. The fourth-order valence-electron chi connectivity index (χ4n) is 3.64. The standard InChI is InChI=1S/C20H30N4O3/c1-15-17(19(26)23-20(22-15)24-11-13-27-14-12-24)7-8-18(25)21-10-9-16-5-3-2-4-6-16/h5H,2-4,6-14H2,1H3,(H,21,25)(H,22,23,26). The molecule has 1 aliphatic carbocycles. The maximum atomic E-state index is 12.4. The fourth-order valence-corrected chi connectivity index (χ4v) is 3.64. The number of nitrogens with zero attached hydrogens (tertiary/aromatic N) is 2. The van der Waals surface area contributed by atoms with E-state index >= 15 is 0 Å². The van der Waals surface area contributed by atoms with E-state index in [1.165, 1.54) is 24.8 Å². The first-order chi connectivity index (χ1) is 13.1. The van der Waals surface area contributed by atoms with Crippen molar-refractivity contribution in [3.63, 3.8) is 0 Å². The summed E-state index contributed by atoms with van der Waals surface area (Å²) in [4.78, 5) is 34.0. The topological polar surface area (TPSA) is 87.3 Å². The predicted molar refractivity (Wildman–Crippen MR) is 105 cm³/mol. The van der Waals surface area contributed by atoms with Crippen molar-refractivity contribution >= 4 is 11.9 Å². The van der Waals surface area contributed by atoms with Crippen molar-refractivity contribution in [2.45, 2.75) is 51.9 Å². The Morgan fingerprint density at radius 2 is 2.11 bits per heavy atom. The van der Waals surface area contributed by atoms with Crippen LogP contribution in [0.1, 0.15) is 49.8 Å². The molecule has 7 heteroatoms. The number of allylic oxidation sites excluding steroid dienone is 1. The van der Waals surface area contributed by atoms with Crippen LogP contribution in [-0.2, 0) is 16.0 Å². The fraction of sp³-hybridized carbons (Fsp3) is 0.650. The van der Waals surface area contributed by atoms with Crippen LogP contribution in [0.3, 0.4) is 0 Å². The highest BCUT2D eigenvalue weighted by atomic mass is 16.5. The molecule has 0 radical (unpaired) electrons. The Hall–Kier alpha value is -2.15. The number of ether oxygens (including phenoxy) is 1. The van der Waals surface area contributed by atoms with Crippen LogP contribution in [0.4, 0.5) is 5.95 Å². The Bertz CT molecular complexity index is 735. The van der Waals surface area contributed by atoms with Crippen LogP contribution in [0.25, 0.3) is 0 Å². The van der Waals surface area contributed by atoms with Crippen LogP contribution in [0, 0.1) is 6.92 Å². The number of amides is 1. The van der Waals surface area contributed by atoms with E-state index in [0.717, 1.165) is 25.9 Å². The SMILES string of the molecule is Cc1nc(N2CCOCC2)[nH]c(=O)c1CCC(=O)NCCC1=CCCCC1. The summed E-state index contributed by atoms with van der Waals surface area (Å²) >= 11 is 0. The van der Waals surface area contributed by atoms with Crippen molar-refractivity contribution in [3.8, 4) is 0 Å². The zero-order chi connectivity index (χ0) is 19.1. The number of carbonyl (C=O) groups excluding carboxylic acids is 1. The van der Waals surface area contributed by atoms with Gasteiger partial charge in [-0.2, -0.15) is 0 Å². The summed E-state index contributed by atoms with van der Waals surface area (Å²) in [6, 6.07) is 0. The molecule has 3 rings (SSSR count). The molecule has 1 aromatic heterocycles. The Morgan fingerprint density at radius 3 is 2.81 bits per heavy atom. The third-order valence-corrected chi connectivity index (χ3v) is 5.28. The van der Waals surface area contributed by atoms with E-state index in [1.54, 1.807) is 0 Å². The van der Waals surface area contributed by atoms with Gasteiger partial charge in [0.05, 0.1) is 13.2 Å². The number of anilines is 1. The third-order valence-electron chi connectivity index (χ3n) is 5.28. The second-order valence-corrected chi connectivity index (χ2v) is 7.26. The zero-order valence-corrected chi connectivity index (χ0v) is 16.2. The largest absolute Gasteiger partial charge is 0.378 e. The van der Waals surface area contributed by atoms with Gasteiger partial charge in [0.15, 0.2) is 0 Å². The van der Waals surface area contributed by atoms with Gasteiger partial charge in [-0.3, -0.25) is 14.6 Å². The Balaban J connectivity index is 1.49. The van der Waals surface area contributed by atoms with Gasteiger partial charge in [0, 0.05) is 37.3 Å². The number of hydrogen-bond donors (Lipinski definition) is 2. The van der Waals surface area contributed by atoms with E-state index in [1.807, 2.05) is 11.8 Å². The van der Waals surface area contributed by atoms with E-state index in [9.17, 15) is 9.59 Å². The number of hydrogen-bond acceptors (Lipinski definition) is 5. The quantitative estimate of drug-likeness (QED) is 0.711. The minimum atomic E-state index is -0.149. The first-order valence-electron chi connectivity index (χ1n) is 10.0. The Labute approximate surface area is 160 Å². The molecule has 2 heterocycles. The van der Waals surface area contributed by atoms with Gasteiger partial charge >= 0.3 is 0 Å². The number of aromatic nitrogens is 2. The minimum Gasteiger partial charge on any atom is -0.378 e. The van der Waals surface area contributed by atoms with Crippen LogP contribution in [-0.4, -0.2) is 48.7 Å². The average molecular weight is 374 g/mol. The number of nitrogens with one attached hydrogen (secondary N) is 2. The zero-order valence-electron chi connectivity index (χ0n) is 16.2. The third kappa shape index (κ3) is 5.66. The predicted octanol–water partition coefficient (Wildman–Crippen LogP) is 1.85. The number of carbonyl (C=O) groups is 1. The summed E-state index contributed by atoms with van der Waals surface area (Å²) in [6.07, 6.45) is 8.82. The molecule has 0 atom stereocenters. The number of H-pyrrole nitrogens is 1. The van der Waals surface area contributed by atoms with E-state index in [-0.39, 0.29) is 11.5 Å². The molecule has 2 N–H and O–H groups in total. The molecule has 0 saturated carbocycles. The normalized spacial score (nSPS) is 17.5. The van der Waals surface area contributed by atoms with Crippen LogP contribution in [0.2, 0.25) is 0 Å². The van der Waals surface area contributed by atoms with Crippen LogP contribution >= 0.6 is 0 Å². The molecule has 1 fully saturated rings. The van der Waals surface area contributed by atoms with Gasteiger partial charge in [0.1, 0.15) is 0 Å². The van der Waals surface area contributed by atoms with E-state index in [2.05, 4.69) is 21.4 Å². The molecule has 1 aromatic rings. The highest BCUT2D eigenvalue weighted by Gasteiger charge is 2.16. The number of rotatable bonds is 7. The number of morpholine rings is 1. The van der Waals surface area contributed by atoms with Crippen molar-refractivity contribution in [1.29, 1.82) is 0 Å². The van der Waals surface area contributed by atoms with Gasteiger partial charge in [-0.15, -0.1) is 0 Å². The van der Waals surface area contributed by atoms with E-state index < -0.39 is 0 Å². The maximum Gasteiger partial charge on any atom is 0.255 e. The Morgan fingerprint density at radius 1 is 1.30 bits per heavy atom. The molecular formula is C20H30N4O3. The molecule has 2 aliphatic rings. The second kappa shape index (κ2) is 9.69. The second-order valence-electron chi connectivity index (χ2n) is 7.26. The summed E-state index contributed by atoms with van der Waals surface area (Å²) < 4.78 is 5.33. The molecule has 0 spiro atoms. The monoisotopic (exact) mass is 374 g/mol. The molecule has 27 heavy (non-hydrogen) atoms. The molecule has 0 aromatic carbocycles. The first kappa shape index (κ1) is 19.6. The summed E-state index contributed by atoms with van der Waals surface area (Å²) in [5.41, 5.74) is 2.60. The molecule has 1 aliphatic heterocycles. The van der Waals surface area contributed by atoms with Gasteiger partial charge in [0.25, 0.3) is 5.56 Å². The van der Waals surface area contributed by atoms with Gasteiger partial charge in [0.2, 0.25) is 11.9 Å². The van der Waals surface area contributed by atoms with Gasteiger partial charge in [-0.1, -0.05) is 11.6 Å². The number of aryl methyl sites for hydroxylation is 1. The number of aromatic amines is 1. The van der Waals surface area contributed by atoms with Crippen molar-refractivity contribution in [3.05, 3.63) is 33.3 Å². The Kier molecular flexibility index (Phi) is 7.04. The lowest BCUT2D eigenvalue weighted by atomic mass is 9.97. The summed E-state index contributed by atoms with van der Waals surface area (Å²) in [7, 11) is 0. The molecule has 1 saturated heterocycles. The van der Waals surface area contributed by atoms with Gasteiger partial charge in [-0.05, 0) is 45.4 Å². The molecule has 1 amide bonds. The summed E-state index contributed by atoms with van der Waals surface area (Å²) in [5.74, 6) is 0.581. The lowest BCUT2D eigenvalue weighted by Gasteiger charge is -2.27. The smallest absolute Gasteiger partial charge is 0.255 e.